The summed E-state index contributed by atoms with van der Waals surface area (Å²) in [5.74, 6) is 1.96. The fraction of sp³-hybridized carbons (Fsp3) is 0.250. The molecule has 1 unspecified atom stereocenters. The van der Waals surface area contributed by atoms with Crippen LogP contribution >= 0.6 is 11.8 Å². The molecule has 2 aromatic heterocycles. The third-order valence-electron chi connectivity index (χ3n) is 3.33. The van der Waals surface area contributed by atoms with Crippen molar-refractivity contribution in [3.05, 3.63) is 36.5 Å². The first-order valence-electron chi connectivity index (χ1n) is 7.09. The highest BCUT2D eigenvalue weighted by Crippen LogP contribution is 2.32. The minimum Gasteiger partial charge on any atom is -0.492 e. The number of benzene rings is 1. The van der Waals surface area contributed by atoms with E-state index in [1.165, 1.54) is 0 Å². The van der Waals surface area contributed by atoms with Gasteiger partial charge in [0.05, 0.1) is 23.4 Å². The molecule has 1 atom stereocenters. The monoisotopic (exact) mass is 347 g/mol. The van der Waals surface area contributed by atoms with Crippen LogP contribution in [0.2, 0.25) is 0 Å². The second kappa shape index (κ2) is 7.14. The van der Waals surface area contributed by atoms with Gasteiger partial charge >= 0.3 is 0 Å². The Bertz CT molecular complexity index is 815. The molecule has 0 aliphatic rings. The first-order chi connectivity index (χ1) is 11.2. The quantitative estimate of drug-likeness (QED) is 0.694. The Morgan fingerprint density at radius 3 is 2.96 bits per heavy atom. The molecule has 3 rings (SSSR count). The van der Waals surface area contributed by atoms with Gasteiger partial charge in [0.1, 0.15) is 11.6 Å². The first-order valence-corrected chi connectivity index (χ1v) is 10.0. The van der Waals surface area contributed by atoms with Gasteiger partial charge in [-0.15, -0.1) is 11.8 Å². The number of aromatic nitrogens is 3. The van der Waals surface area contributed by atoms with Crippen molar-refractivity contribution in [2.24, 2.45) is 0 Å². The van der Waals surface area contributed by atoms with E-state index in [1.54, 1.807) is 24.2 Å². The number of nitrogens with zero attached hydrogens (tertiary/aromatic N) is 2. The summed E-state index contributed by atoms with van der Waals surface area (Å²) < 4.78 is 17.0. The molecule has 0 aliphatic carbocycles. The van der Waals surface area contributed by atoms with Crippen LogP contribution in [0.5, 0.6) is 5.75 Å². The number of aromatic amines is 1. The lowest BCUT2D eigenvalue weighted by atomic mass is 10.2. The molecule has 120 valence electrons. The van der Waals surface area contributed by atoms with Gasteiger partial charge in [0.25, 0.3) is 0 Å². The maximum absolute atomic E-state index is 11.2. The van der Waals surface area contributed by atoms with Gasteiger partial charge < -0.3 is 9.72 Å². The van der Waals surface area contributed by atoms with Crippen molar-refractivity contribution in [1.82, 2.24) is 15.0 Å². The second-order valence-corrected chi connectivity index (χ2v) is 7.38. The fourth-order valence-electron chi connectivity index (χ4n) is 2.19. The number of hydrogen-bond donors (Lipinski definition) is 1. The zero-order valence-electron chi connectivity index (χ0n) is 12.9. The molecule has 0 aliphatic heterocycles. The van der Waals surface area contributed by atoms with Crippen LogP contribution < -0.4 is 4.74 Å². The lowest BCUT2D eigenvalue weighted by Crippen LogP contribution is -2.07. The average Bonchev–Trinajstić information content (AvgIpc) is 2.98. The van der Waals surface area contributed by atoms with Crippen molar-refractivity contribution in [2.75, 3.05) is 24.9 Å². The second-order valence-electron chi connectivity index (χ2n) is 4.95. The third-order valence-corrected chi connectivity index (χ3v) is 4.79. The Balaban J connectivity index is 1.98. The summed E-state index contributed by atoms with van der Waals surface area (Å²) in [6, 6.07) is 9.79. The zero-order chi connectivity index (χ0) is 16.2. The van der Waals surface area contributed by atoms with Crippen LogP contribution in [0.15, 0.2) is 41.4 Å². The fourth-order valence-corrected chi connectivity index (χ4v) is 2.95. The molecule has 0 amide bonds. The Hall–Kier alpha value is -1.86. The van der Waals surface area contributed by atoms with Crippen LogP contribution in [0.3, 0.4) is 0 Å². The van der Waals surface area contributed by atoms with Crippen LogP contribution in [-0.4, -0.2) is 44.0 Å². The van der Waals surface area contributed by atoms with Gasteiger partial charge in [0.15, 0.2) is 5.65 Å². The van der Waals surface area contributed by atoms with Gasteiger partial charge in [-0.05, 0) is 36.6 Å². The Morgan fingerprint density at radius 2 is 2.22 bits per heavy atom. The van der Waals surface area contributed by atoms with Gasteiger partial charge in [0, 0.05) is 28.1 Å². The van der Waals surface area contributed by atoms with E-state index in [-0.39, 0.29) is 0 Å². The number of fused-ring (bicyclic) bond motifs is 1. The average molecular weight is 347 g/mol. The summed E-state index contributed by atoms with van der Waals surface area (Å²) >= 11 is 1.66. The minimum absolute atomic E-state index is 0.410. The molecular weight excluding hydrogens is 330 g/mol. The van der Waals surface area contributed by atoms with Crippen molar-refractivity contribution in [3.63, 3.8) is 0 Å². The number of nitrogens with one attached hydrogen (secondary N) is 1. The van der Waals surface area contributed by atoms with Gasteiger partial charge in [-0.1, -0.05) is 0 Å². The molecule has 0 saturated carbocycles. The van der Waals surface area contributed by atoms with E-state index in [0.29, 0.717) is 18.0 Å². The summed E-state index contributed by atoms with van der Waals surface area (Å²) in [5.41, 5.74) is 2.45. The van der Waals surface area contributed by atoms with E-state index in [9.17, 15) is 4.21 Å². The zero-order valence-corrected chi connectivity index (χ0v) is 14.5. The minimum atomic E-state index is -0.871. The number of hydrogen-bond acceptors (Lipinski definition) is 5. The largest absolute Gasteiger partial charge is 0.492 e. The Morgan fingerprint density at radius 1 is 1.35 bits per heavy atom. The van der Waals surface area contributed by atoms with Gasteiger partial charge in [-0.2, -0.15) is 0 Å². The molecule has 0 bridgehead atoms. The van der Waals surface area contributed by atoms with Crippen LogP contribution in [0, 0.1) is 0 Å². The third kappa shape index (κ3) is 3.73. The molecular formula is C16H17N3O2S2. The summed E-state index contributed by atoms with van der Waals surface area (Å²) in [7, 11) is -0.871. The Labute approximate surface area is 141 Å². The standard InChI is InChI=1S/C16H17N3O2S2/c1-22-11-5-6-14(21-8-9-23(2)20)12(10-11)15-18-13-4-3-7-17-16(13)19-15/h3-7,10H,8-9H2,1-2H3,(H,17,18,19). The summed E-state index contributed by atoms with van der Waals surface area (Å²) in [6.45, 7) is 0.410. The molecule has 1 aromatic carbocycles. The van der Waals surface area contributed by atoms with Crippen molar-refractivity contribution in [2.45, 2.75) is 4.90 Å². The highest BCUT2D eigenvalue weighted by atomic mass is 32.2. The number of imidazole rings is 1. The molecule has 5 nitrogen and oxygen atoms in total. The lowest BCUT2D eigenvalue weighted by molar-refractivity contribution is 0.344. The van der Waals surface area contributed by atoms with Gasteiger partial charge in [0.2, 0.25) is 0 Å². The van der Waals surface area contributed by atoms with Crippen LogP contribution in [0.25, 0.3) is 22.6 Å². The molecule has 7 heteroatoms. The molecule has 0 saturated heterocycles. The molecule has 0 radical (unpaired) electrons. The smallest absolute Gasteiger partial charge is 0.178 e. The number of ether oxygens (including phenoxy) is 1. The van der Waals surface area contributed by atoms with E-state index in [1.807, 2.05) is 36.6 Å². The molecule has 0 spiro atoms. The van der Waals surface area contributed by atoms with Gasteiger partial charge in [-0.25, -0.2) is 9.97 Å². The lowest BCUT2D eigenvalue weighted by Gasteiger charge is -2.11. The molecule has 23 heavy (non-hydrogen) atoms. The molecule has 0 fully saturated rings. The number of thioether (sulfide) groups is 1. The maximum Gasteiger partial charge on any atom is 0.178 e. The number of rotatable bonds is 6. The van der Waals surface area contributed by atoms with Gasteiger partial charge in [-0.3, -0.25) is 4.21 Å². The summed E-state index contributed by atoms with van der Waals surface area (Å²) in [6.07, 6.45) is 5.42. The van der Waals surface area contributed by atoms with Crippen LogP contribution in [0.1, 0.15) is 0 Å². The number of H-pyrrole nitrogens is 1. The highest BCUT2D eigenvalue weighted by Gasteiger charge is 2.13. The SMILES string of the molecule is CSc1ccc(OCCS(C)=O)c(-c2nc3ncccc3[nH]2)c1. The van der Waals surface area contributed by atoms with Crippen LogP contribution in [-0.2, 0) is 10.8 Å². The summed E-state index contributed by atoms with van der Waals surface area (Å²) in [4.78, 5) is 13.2. The van der Waals surface area contributed by atoms with E-state index >= 15 is 0 Å². The van der Waals surface area contributed by atoms with Crippen LogP contribution in [0.4, 0.5) is 0 Å². The normalized spacial score (nSPS) is 12.4. The maximum atomic E-state index is 11.2. The first kappa shape index (κ1) is 16.0. The molecule has 2 heterocycles. The van der Waals surface area contributed by atoms with E-state index in [0.717, 1.165) is 27.5 Å². The highest BCUT2D eigenvalue weighted by molar-refractivity contribution is 7.98. The van der Waals surface area contributed by atoms with Crippen molar-refractivity contribution >= 4 is 33.7 Å². The van der Waals surface area contributed by atoms with E-state index < -0.39 is 10.8 Å². The van der Waals surface area contributed by atoms with Crippen molar-refractivity contribution < 1.29 is 8.95 Å². The topological polar surface area (TPSA) is 67.9 Å². The van der Waals surface area contributed by atoms with Crippen molar-refractivity contribution in [3.8, 4) is 17.1 Å². The van der Waals surface area contributed by atoms with E-state index in [4.69, 9.17) is 4.74 Å². The number of pyridine rings is 1. The molecule has 3 aromatic rings. The van der Waals surface area contributed by atoms with Crippen molar-refractivity contribution in [1.29, 1.82) is 0 Å². The predicted octanol–water partition coefficient (Wildman–Crippen LogP) is 3.10. The Kier molecular flexibility index (Phi) is 4.97. The summed E-state index contributed by atoms with van der Waals surface area (Å²) in [5, 5.41) is 0. The molecule has 1 N–H and O–H groups in total. The van der Waals surface area contributed by atoms with E-state index in [2.05, 4.69) is 15.0 Å². The predicted molar refractivity (Wildman–Crippen MR) is 95.5 cm³/mol.